The lowest BCUT2D eigenvalue weighted by atomic mass is 9.70. The van der Waals surface area contributed by atoms with Crippen LogP contribution in [0.5, 0.6) is 0 Å². The lowest BCUT2D eigenvalue weighted by Gasteiger charge is -2.41. The predicted octanol–water partition coefficient (Wildman–Crippen LogP) is 4.72. The molecule has 116 valence electrons. The molecule has 2 nitrogen and oxygen atoms in total. The van der Waals surface area contributed by atoms with E-state index >= 15 is 0 Å². The second-order valence-electron chi connectivity index (χ2n) is 5.99. The van der Waals surface area contributed by atoms with Gasteiger partial charge in [-0.15, -0.1) is 0 Å². The minimum atomic E-state index is 0.609. The van der Waals surface area contributed by atoms with Gasteiger partial charge in [0.15, 0.2) is 5.17 Å². The third-order valence-electron chi connectivity index (χ3n) is 4.52. The normalized spacial score (nSPS) is 31.8. The molecule has 0 aromatic heterocycles. The van der Waals surface area contributed by atoms with Gasteiger partial charge in [-0.05, 0) is 37.5 Å². The van der Waals surface area contributed by atoms with Gasteiger partial charge in [-0.1, -0.05) is 57.5 Å². The third kappa shape index (κ3) is 5.16. The van der Waals surface area contributed by atoms with E-state index in [1.165, 1.54) is 25.7 Å². The standard InChI is InChI=1S/C17H32N2S/c1-6-9-10-20-17(18-5)19-16-14(7-2)11-13(4)12-15(16)8-3/h6,9,13-16H,7-8,10-12H2,1-5H3,(H,18,19). The van der Waals surface area contributed by atoms with Crippen LogP contribution >= 0.6 is 11.8 Å². The van der Waals surface area contributed by atoms with Crippen molar-refractivity contribution in [1.29, 1.82) is 0 Å². The first-order valence-electron chi connectivity index (χ1n) is 8.13. The minimum Gasteiger partial charge on any atom is -0.362 e. The number of aliphatic imine (C=N–C) groups is 1. The highest BCUT2D eigenvalue weighted by Crippen LogP contribution is 2.37. The maximum absolute atomic E-state index is 4.45. The molecule has 0 amide bonds. The Labute approximate surface area is 129 Å². The smallest absolute Gasteiger partial charge is 0.156 e. The Kier molecular flexibility index (Phi) is 8.35. The molecule has 2 atom stereocenters. The summed E-state index contributed by atoms with van der Waals surface area (Å²) in [4.78, 5) is 4.45. The van der Waals surface area contributed by atoms with Gasteiger partial charge < -0.3 is 5.32 Å². The number of amidine groups is 1. The van der Waals surface area contributed by atoms with E-state index in [-0.39, 0.29) is 0 Å². The van der Waals surface area contributed by atoms with Crippen LogP contribution in [-0.2, 0) is 0 Å². The minimum absolute atomic E-state index is 0.609. The Morgan fingerprint density at radius 3 is 2.30 bits per heavy atom. The summed E-state index contributed by atoms with van der Waals surface area (Å²) in [5.41, 5.74) is 0. The van der Waals surface area contributed by atoms with Crippen molar-refractivity contribution >= 4 is 16.9 Å². The highest BCUT2D eigenvalue weighted by Gasteiger charge is 2.34. The number of hydrogen-bond acceptors (Lipinski definition) is 2. The van der Waals surface area contributed by atoms with Crippen molar-refractivity contribution in [3.63, 3.8) is 0 Å². The summed E-state index contributed by atoms with van der Waals surface area (Å²) in [5.74, 6) is 3.47. The summed E-state index contributed by atoms with van der Waals surface area (Å²) in [7, 11) is 1.90. The zero-order chi connectivity index (χ0) is 15.0. The maximum Gasteiger partial charge on any atom is 0.156 e. The number of thioether (sulfide) groups is 1. The van der Waals surface area contributed by atoms with Crippen LogP contribution in [0.1, 0.15) is 53.4 Å². The molecule has 0 spiro atoms. The number of allylic oxidation sites excluding steroid dienone is 1. The van der Waals surface area contributed by atoms with Gasteiger partial charge >= 0.3 is 0 Å². The fraction of sp³-hybridized carbons (Fsp3) is 0.824. The molecule has 20 heavy (non-hydrogen) atoms. The van der Waals surface area contributed by atoms with Crippen LogP contribution < -0.4 is 5.32 Å². The van der Waals surface area contributed by atoms with Gasteiger partial charge in [0.05, 0.1) is 0 Å². The summed E-state index contributed by atoms with van der Waals surface area (Å²) >= 11 is 1.82. The predicted molar refractivity (Wildman–Crippen MR) is 93.5 cm³/mol. The fourth-order valence-electron chi connectivity index (χ4n) is 3.42. The van der Waals surface area contributed by atoms with Crippen LogP contribution in [0.2, 0.25) is 0 Å². The lowest BCUT2D eigenvalue weighted by molar-refractivity contribution is 0.149. The molecule has 0 aromatic carbocycles. The van der Waals surface area contributed by atoms with Gasteiger partial charge in [-0.3, -0.25) is 4.99 Å². The summed E-state index contributed by atoms with van der Waals surface area (Å²) in [6, 6.07) is 0.609. The highest BCUT2D eigenvalue weighted by molar-refractivity contribution is 8.13. The average Bonchev–Trinajstić information content (AvgIpc) is 2.46. The summed E-state index contributed by atoms with van der Waals surface area (Å²) in [6.07, 6.45) is 9.56. The van der Waals surface area contributed by atoms with Crippen molar-refractivity contribution < 1.29 is 0 Å². The van der Waals surface area contributed by atoms with Crippen LogP contribution in [0.15, 0.2) is 17.1 Å². The van der Waals surface area contributed by atoms with Gasteiger partial charge in [-0.2, -0.15) is 0 Å². The van der Waals surface area contributed by atoms with Crippen molar-refractivity contribution in [2.24, 2.45) is 22.7 Å². The molecule has 3 heteroatoms. The van der Waals surface area contributed by atoms with Gasteiger partial charge in [0, 0.05) is 18.8 Å². The van der Waals surface area contributed by atoms with Crippen LogP contribution in [-0.4, -0.2) is 24.0 Å². The maximum atomic E-state index is 4.45. The molecule has 0 aliphatic heterocycles. The van der Waals surface area contributed by atoms with E-state index in [9.17, 15) is 0 Å². The number of nitrogens with one attached hydrogen (secondary N) is 1. The summed E-state index contributed by atoms with van der Waals surface area (Å²) in [5, 5.41) is 4.88. The summed E-state index contributed by atoms with van der Waals surface area (Å²) in [6.45, 7) is 9.15. The Morgan fingerprint density at radius 1 is 1.25 bits per heavy atom. The first-order chi connectivity index (χ1) is 9.65. The molecular weight excluding hydrogens is 264 g/mol. The molecule has 0 radical (unpaired) electrons. The van der Waals surface area contributed by atoms with E-state index in [1.807, 2.05) is 18.8 Å². The number of hydrogen-bond donors (Lipinski definition) is 1. The van der Waals surface area contributed by atoms with Crippen molar-refractivity contribution in [3.05, 3.63) is 12.2 Å². The second kappa shape index (κ2) is 9.49. The van der Waals surface area contributed by atoms with Gasteiger partial charge in [0.25, 0.3) is 0 Å². The Morgan fingerprint density at radius 2 is 1.85 bits per heavy atom. The van der Waals surface area contributed by atoms with E-state index in [1.54, 1.807) is 0 Å². The molecule has 2 unspecified atom stereocenters. The molecule has 1 saturated carbocycles. The van der Waals surface area contributed by atoms with Crippen LogP contribution in [0.4, 0.5) is 0 Å². The van der Waals surface area contributed by atoms with Crippen molar-refractivity contribution in [2.75, 3.05) is 12.8 Å². The molecule has 1 aliphatic rings. The van der Waals surface area contributed by atoms with E-state index < -0.39 is 0 Å². The van der Waals surface area contributed by atoms with Crippen LogP contribution in [0.3, 0.4) is 0 Å². The SMILES string of the molecule is CC=CCSC(=NC)NC1C(CC)CC(C)CC1CC. The van der Waals surface area contributed by atoms with E-state index in [2.05, 4.69) is 50.2 Å². The van der Waals surface area contributed by atoms with E-state index in [0.717, 1.165) is 28.7 Å². The first-order valence-corrected chi connectivity index (χ1v) is 9.11. The zero-order valence-electron chi connectivity index (χ0n) is 13.9. The van der Waals surface area contributed by atoms with Gasteiger partial charge in [-0.25, -0.2) is 0 Å². The molecule has 0 heterocycles. The fourth-order valence-corrected chi connectivity index (χ4v) is 4.22. The Bertz CT molecular complexity index is 311. The molecule has 1 N–H and O–H groups in total. The highest BCUT2D eigenvalue weighted by atomic mass is 32.2. The monoisotopic (exact) mass is 296 g/mol. The quantitative estimate of drug-likeness (QED) is 0.451. The third-order valence-corrected chi connectivity index (χ3v) is 5.45. The number of nitrogens with zero attached hydrogens (tertiary/aromatic N) is 1. The Balaban J connectivity index is 2.68. The molecule has 1 fully saturated rings. The summed E-state index contributed by atoms with van der Waals surface area (Å²) < 4.78 is 0. The van der Waals surface area contributed by atoms with Crippen molar-refractivity contribution in [3.8, 4) is 0 Å². The lowest BCUT2D eigenvalue weighted by Crippen LogP contribution is -2.48. The second-order valence-corrected chi connectivity index (χ2v) is 7.00. The van der Waals surface area contributed by atoms with Crippen molar-refractivity contribution in [2.45, 2.75) is 59.4 Å². The van der Waals surface area contributed by atoms with Crippen LogP contribution in [0, 0.1) is 17.8 Å². The first kappa shape index (κ1) is 17.6. The topological polar surface area (TPSA) is 24.4 Å². The zero-order valence-corrected chi connectivity index (χ0v) is 14.7. The van der Waals surface area contributed by atoms with E-state index in [4.69, 9.17) is 0 Å². The average molecular weight is 297 g/mol. The molecule has 0 bridgehead atoms. The molecular formula is C17H32N2S. The van der Waals surface area contributed by atoms with Gasteiger partial charge in [0.1, 0.15) is 0 Å². The number of rotatable bonds is 5. The van der Waals surface area contributed by atoms with Crippen LogP contribution in [0.25, 0.3) is 0 Å². The van der Waals surface area contributed by atoms with E-state index in [0.29, 0.717) is 6.04 Å². The molecule has 0 aromatic rings. The van der Waals surface area contributed by atoms with Gasteiger partial charge in [0.2, 0.25) is 0 Å². The largest absolute Gasteiger partial charge is 0.362 e. The van der Waals surface area contributed by atoms with Crippen molar-refractivity contribution in [1.82, 2.24) is 5.32 Å². The molecule has 1 aliphatic carbocycles. The molecule has 1 rings (SSSR count). The Hall–Kier alpha value is -0.440. The molecule has 0 saturated heterocycles.